The van der Waals surface area contributed by atoms with E-state index in [0.717, 1.165) is 41.2 Å². The maximum absolute atomic E-state index is 12.2. The summed E-state index contributed by atoms with van der Waals surface area (Å²) in [5, 5.41) is 0. The van der Waals surface area contributed by atoms with Crippen molar-refractivity contribution in [1.29, 1.82) is 0 Å². The average molecular weight is 315 g/mol. The van der Waals surface area contributed by atoms with Gasteiger partial charge in [0, 0.05) is 61.8 Å². The molecule has 4 heterocycles. The third-order valence-electron chi connectivity index (χ3n) is 6.09. The molecule has 0 unspecified atom stereocenters. The van der Waals surface area contributed by atoms with E-state index in [1.165, 1.54) is 51.9 Å². The zero-order valence-corrected chi connectivity index (χ0v) is 14.5. The second-order valence-electron chi connectivity index (χ2n) is 8.09. The number of hydrogen-bond acceptors (Lipinski definition) is 3. The Hall–Kier alpha value is -1.13. The molecule has 5 rings (SSSR count). The summed E-state index contributed by atoms with van der Waals surface area (Å²) in [6, 6.07) is 0.729. The van der Waals surface area contributed by atoms with E-state index >= 15 is 0 Å². The van der Waals surface area contributed by atoms with Crippen LogP contribution in [0.25, 0.3) is 0 Å². The van der Waals surface area contributed by atoms with Gasteiger partial charge in [0.1, 0.15) is 0 Å². The van der Waals surface area contributed by atoms with Crippen molar-refractivity contribution in [2.75, 3.05) is 26.2 Å². The van der Waals surface area contributed by atoms with Crippen molar-refractivity contribution >= 4 is 0 Å². The molecule has 4 nitrogen and oxygen atoms in total. The van der Waals surface area contributed by atoms with E-state index in [0.29, 0.717) is 0 Å². The molecule has 0 aromatic carbocycles. The van der Waals surface area contributed by atoms with Gasteiger partial charge in [-0.3, -0.25) is 14.6 Å². The molecule has 1 aromatic heterocycles. The summed E-state index contributed by atoms with van der Waals surface area (Å²) in [6.07, 6.45) is 7.50. The molecular formula is C19H29N3O. The molecule has 23 heavy (non-hydrogen) atoms. The number of pyridine rings is 1. The summed E-state index contributed by atoms with van der Waals surface area (Å²) in [5.41, 5.74) is 3.02. The van der Waals surface area contributed by atoms with E-state index in [-0.39, 0.29) is 5.43 Å². The number of piperidine rings is 1. The Morgan fingerprint density at radius 3 is 2.74 bits per heavy atom. The number of nitrogens with one attached hydrogen (secondary N) is 1. The topological polar surface area (TPSA) is 39.3 Å². The Balaban J connectivity index is 1.48. The van der Waals surface area contributed by atoms with Crippen LogP contribution in [-0.4, -0.2) is 47.0 Å². The molecule has 2 bridgehead atoms. The van der Waals surface area contributed by atoms with Gasteiger partial charge in [0.15, 0.2) is 5.43 Å². The highest BCUT2D eigenvalue weighted by molar-refractivity contribution is 5.23. The van der Waals surface area contributed by atoms with E-state index in [9.17, 15) is 4.79 Å². The van der Waals surface area contributed by atoms with Gasteiger partial charge in [-0.25, -0.2) is 0 Å². The minimum Gasteiger partial charge on any atom is -0.363 e. The van der Waals surface area contributed by atoms with Crippen LogP contribution in [0.2, 0.25) is 0 Å². The third-order valence-corrected chi connectivity index (χ3v) is 6.09. The molecule has 4 aliphatic rings. The van der Waals surface area contributed by atoms with Crippen LogP contribution in [-0.2, 0) is 6.54 Å². The van der Waals surface area contributed by atoms with E-state index in [1.807, 2.05) is 20.0 Å². The molecule has 2 atom stereocenters. The lowest BCUT2D eigenvalue weighted by Gasteiger charge is -2.36. The van der Waals surface area contributed by atoms with Gasteiger partial charge in [0.2, 0.25) is 0 Å². The van der Waals surface area contributed by atoms with Crippen molar-refractivity contribution in [3.05, 3.63) is 33.2 Å². The molecule has 0 spiro atoms. The predicted molar refractivity (Wildman–Crippen MR) is 92.6 cm³/mol. The molecule has 4 heteroatoms. The van der Waals surface area contributed by atoms with Crippen molar-refractivity contribution in [2.24, 2.45) is 11.8 Å². The lowest BCUT2D eigenvalue weighted by Crippen LogP contribution is -2.44. The van der Waals surface area contributed by atoms with Crippen LogP contribution in [0.5, 0.6) is 0 Å². The van der Waals surface area contributed by atoms with E-state index in [1.54, 1.807) is 0 Å². The number of aromatic nitrogens is 1. The molecule has 3 aliphatic heterocycles. The fraction of sp³-hybridized carbons (Fsp3) is 0.737. The minimum absolute atomic E-state index is 0.201. The molecule has 0 radical (unpaired) electrons. The maximum Gasteiger partial charge on any atom is 0.187 e. The van der Waals surface area contributed by atoms with Crippen molar-refractivity contribution < 1.29 is 0 Å². The molecule has 0 amide bonds. The van der Waals surface area contributed by atoms with Gasteiger partial charge < -0.3 is 4.98 Å². The van der Waals surface area contributed by atoms with Crippen LogP contribution >= 0.6 is 0 Å². The number of H-pyrrole nitrogens is 1. The first-order valence-electron chi connectivity index (χ1n) is 9.24. The summed E-state index contributed by atoms with van der Waals surface area (Å²) >= 11 is 0. The summed E-state index contributed by atoms with van der Waals surface area (Å²) < 4.78 is 0. The number of fused-ring (bicyclic) bond motifs is 4. The molecule has 4 fully saturated rings. The Labute approximate surface area is 138 Å². The zero-order valence-electron chi connectivity index (χ0n) is 14.5. The van der Waals surface area contributed by atoms with Crippen molar-refractivity contribution in [3.8, 4) is 0 Å². The lowest BCUT2D eigenvalue weighted by atomic mass is 9.95. The number of nitrogens with zero attached hydrogens (tertiary/aromatic N) is 2. The largest absolute Gasteiger partial charge is 0.363 e. The van der Waals surface area contributed by atoms with Gasteiger partial charge in [-0.15, -0.1) is 0 Å². The van der Waals surface area contributed by atoms with Gasteiger partial charge >= 0.3 is 0 Å². The predicted octanol–water partition coefficient (Wildman–Crippen LogP) is 2.30. The number of hydrogen-bond donors (Lipinski definition) is 1. The first kappa shape index (κ1) is 15.4. The lowest BCUT2D eigenvalue weighted by molar-refractivity contribution is 0.125. The molecule has 126 valence electrons. The molecule has 1 aromatic rings. The van der Waals surface area contributed by atoms with Crippen LogP contribution in [0.15, 0.2) is 11.0 Å². The van der Waals surface area contributed by atoms with Crippen molar-refractivity contribution in [2.45, 2.75) is 52.1 Å². The highest BCUT2D eigenvalue weighted by Crippen LogP contribution is 2.35. The Morgan fingerprint density at radius 1 is 1.13 bits per heavy atom. The standard InChI is InChI=1S/C19H29N3O/c1-13-7-20-18(14(2)19(13)23)12-21-8-16-5-6-17(11-21)22(10-16)9-15-3-4-15/h7,15-17H,3-6,8-12H2,1-2H3,(H,20,23)/t16-,17+/m1/s1. The highest BCUT2D eigenvalue weighted by atomic mass is 16.1. The van der Waals surface area contributed by atoms with Crippen LogP contribution in [0.1, 0.15) is 42.5 Å². The van der Waals surface area contributed by atoms with E-state index in [4.69, 9.17) is 0 Å². The van der Waals surface area contributed by atoms with Gasteiger partial charge in [-0.05, 0) is 51.4 Å². The Bertz CT molecular complexity index is 634. The summed E-state index contributed by atoms with van der Waals surface area (Å²) in [6.45, 7) is 9.72. The monoisotopic (exact) mass is 315 g/mol. The second-order valence-corrected chi connectivity index (χ2v) is 8.09. The number of rotatable bonds is 4. The van der Waals surface area contributed by atoms with Crippen molar-refractivity contribution in [1.82, 2.24) is 14.8 Å². The second kappa shape index (κ2) is 6.06. The first-order valence-corrected chi connectivity index (χ1v) is 9.24. The first-order chi connectivity index (χ1) is 11.1. The normalized spacial score (nSPS) is 29.0. The molecule has 1 saturated carbocycles. The van der Waals surface area contributed by atoms with Gasteiger partial charge in [-0.2, -0.15) is 0 Å². The van der Waals surface area contributed by atoms with Gasteiger partial charge in [0.05, 0.1) is 0 Å². The Morgan fingerprint density at radius 2 is 1.96 bits per heavy atom. The summed E-state index contributed by atoms with van der Waals surface area (Å²) in [7, 11) is 0. The smallest absolute Gasteiger partial charge is 0.187 e. The fourth-order valence-corrected chi connectivity index (χ4v) is 4.45. The van der Waals surface area contributed by atoms with E-state index in [2.05, 4.69) is 14.8 Å². The molecule has 3 saturated heterocycles. The highest BCUT2D eigenvalue weighted by Gasteiger charge is 2.37. The SMILES string of the molecule is Cc1c[nH]c(CN2C[C@H]3CC[C@@H](C2)N(CC2CC2)C3)c(C)c1=O. The zero-order chi connectivity index (χ0) is 16.0. The average Bonchev–Trinajstić information content (AvgIpc) is 3.36. The molecule has 1 aliphatic carbocycles. The van der Waals surface area contributed by atoms with Gasteiger partial charge in [0.25, 0.3) is 0 Å². The fourth-order valence-electron chi connectivity index (χ4n) is 4.45. The Kier molecular flexibility index (Phi) is 4.06. The van der Waals surface area contributed by atoms with E-state index < -0.39 is 0 Å². The summed E-state index contributed by atoms with van der Waals surface area (Å²) in [5.74, 6) is 1.79. The van der Waals surface area contributed by atoms with Crippen LogP contribution in [0, 0.1) is 25.7 Å². The van der Waals surface area contributed by atoms with Gasteiger partial charge in [-0.1, -0.05) is 0 Å². The van der Waals surface area contributed by atoms with Crippen LogP contribution in [0.3, 0.4) is 0 Å². The number of aryl methyl sites for hydroxylation is 1. The summed E-state index contributed by atoms with van der Waals surface area (Å²) in [4.78, 5) is 20.9. The maximum atomic E-state index is 12.2. The quantitative estimate of drug-likeness (QED) is 0.927. The van der Waals surface area contributed by atoms with Crippen LogP contribution in [0.4, 0.5) is 0 Å². The number of aromatic amines is 1. The van der Waals surface area contributed by atoms with Crippen LogP contribution < -0.4 is 5.43 Å². The third kappa shape index (κ3) is 3.24. The molecule has 1 N–H and O–H groups in total. The minimum atomic E-state index is 0.201. The molecular weight excluding hydrogens is 286 g/mol. The van der Waals surface area contributed by atoms with Crippen molar-refractivity contribution in [3.63, 3.8) is 0 Å².